The average molecular weight is 251 g/mol. The molecule has 2 N–H and O–H groups in total. The second-order valence-corrected chi connectivity index (χ2v) is 4.77. The van der Waals surface area contributed by atoms with Crippen LogP contribution in [-0.2, 0) is 28.7 Å². The van der Waals surface area contributed by atoms with Crippen LogP contribution < -0.4 is 5.73 Å². The Bertz CT molecular complexity index is 350. The Morgan fingerprint density at radius 1 is 1.06 bits per heavy atom. The lowest BCUT2D eigenvalue weighted by atomic mass is 9.96. The minimum absolute atomic E-state index is 0.184. The number of ether oxygens (including phenoxy) is 2. The molecule has 1 rings (SSSR count). The molecule has 3 nitrogen and oxygen atoms in total. The van der Waals surface area contributed by atoms with E-state index in [1.165, 1.54) is 16.7 Å². The van der Waals surface area contributed by atoms with Crippen LogP contribution >= 0.6 is 0 Å². The van der Waals surface area contributed by atoms with Crippen molar-refractivity contribution in [3.8, 4) is 0 Å². The summed E-state index contributed by atoms with van der Waals surface area (Å²) in [4.78, 5) is 0. The molecule has 0 fully saturated rings. The van der Waals surface area contributed by atoms with Crippen molar-refractivity contribution in [2.75, 3.05) is 27.4 Å². The minimum Gasteiger partial charge on any atom is -0.384 e. The largest absolute Gasteiger partial charge is 0.384 e. The first-order valence-electron chi connectivity index (χ1n) is 6.51. The number of nitrogens with two attached hydrogens (primary N) is 1. The Balaban J connectivity index is 2.81. The van der Waals surface area contributed by atoms with Crippen LogP contribution in [0.15, 0.2) is 18.2 Å². The van der Waals surface area contributed by atoms with E-state index in [1.54, 1.807) is 14.2 Å². The van der Waals surface area contributed by atoms with Crippen LogP contribution in [0.4, 0.5) is 0 Å². The molecule has 0 aliphatic carbocycles. The van der Waals surface area contributed by atoms with Gasteiger partial charge in [0.05, 0.1) is 13.2 Å². The van der Waals surface area contributed by atoms with Gasteiger partial charge in [-0.1, -0.05) is 18.2 Å². The highest BCUT2D eigenvalue weighted by Gasteiger charge is 2.06. The van der Waals surface area contributed by atoms with Crippen molar-refractivity contribution in [1.29, 1.82) is 0 Å². The fraction of sp³-hybridized carbons (Fsp3) is 0.600. The predicted octanol–water partition coefficient (Wildman–Crippen LogP) is 1.95. The maximum atomic E-state index is 5.92. The van der Waals surface area contributed by atoms with Gasteiger partial charge in [-0.3, -0.25) is 0 Å². The van der Waals surface area contributed by atoms with Gasteiger partial charge in [0.2, 0.25) is 0 Å². The third kappa shape index (κ3) is 5.17. The highest BCUT2D eigenvalue weighted by Crippen LogP contribution is 2.15. The molecule has 0 spiro atoms. The van der Waals surface area contributed by atoms with Gasteiger partial charge < -0.3 is 15.2 Å². The molecule has 102 valence electrons. The first-order valence-corrected chi connectivity index (χ1v) is 6.51. The fourth-order valence-electron chi connectivity index (χ4n) is 2.05. The Morgan fingerprint density at radius 3 is 2.33 bits per heavy atom. The minimum atomic E-state index is 0.184. The molecule has 0 aromatic heterocycles. The number of benzene rings is 1. The summed E-state index contributed by atoms with van der Waals surface area (Å²) in [5, 5.41) is 0. The Labute approximate surface area is 110 Å². The zero-order chi connectivity index (χ0) is 13.4. The molecular formula is C15H25NO2. The van der Waals surface area contributed by atoms with Crippen LogP contribution in [0.1, 0.15) is 23.6 Å². The molecule has 0 amide bonds. The van der Waals surface area contributed by atoms with E-state index < -0.39 is 0 Å². The first-order chi connectivity index (χ1) is 8.67. The van der Waals surface area contributed by atoms with Gasteiger partial charge in [0, 0.05) is 20.3 Å². The van der Waals surface area contributed by atoms with Gasteiger partial charge in [-0.15, -0.1) is 0 Å². The summed E-state index contributed by atoms with van der Waals surface area (Å²) in [5.74, 6) is 0. The Kier molecular flexibility index (Phi) is 6.94. The topological polar surface area (TPSA) is 44.5 Å². The van der Waals surface area contributed by atoms with Gasteiger partial charge in [-0.05, 0) is 42.9 Å². The molecule has 1 aromatic rings. The number of hydrogen-bond donors (Lipinski definition) is 1. The molecule has 0 aliphatic rings. The molecule has 1 aromatic carbocycles. The molecule has 0 heterocycles. The summed E-state index contributed by atoms with van der Waals surface area (Å²) in [6, 6.07) is 6.81. The maximum Gasteiger partial charge on any atom is 0.0502 e. The van der Waals surface area contributed by atoms with Crippen LogP contribution in [0.3, 0.4) is 0 Å². The lowest BCUT2D eigenvalue weighted by Gasteiger charge is -2.13. The predicted molar refractivity (Wildman–Crippen MR) is 75.0 cm³/mol. The SMILES string of the molecule is COCCc1ccc(CCOC)c(C[C@@H](C)N)c1. The molecule has 3 heteroatoms. The third-order valence-corrected chi connectivity index (χ3v) is 2.98. The van der Waals surface area contributed by atoms with Crippen LogP contribution in [-0.4, -0.2) is 33.5 Å². The molecule has 0 radical (unpaired) electrons. The van der Waals surface area contributed by atoms with Gasteiger partial charge in [0.15, 0.2) is 0 Å². The van der Waals surface area contributed by atoms with Gasteiger partial charge >= 0.3 is 0 Å². The van der Waals surface area contributed by atoms with Crippen LogP contribution in [0.5, 0.6) is 0 Å². The summed E-state index contributed by atoms with van der Waals surface area (Å²) in [6.45, 7) is 3.56. The van der Waals surface area contributed by atoms with Crippen molar-refractivity contribution in [2.45, 2.75) is 32.2 Å². The first kappa shape index (κ1) is 15.2. The van der Waals surface area contributed by atoms with Crippen LogP contribution in [0, 0.1) is 0 Å². The molecule has 1 atom stereocenters. The zero-order valence-corrected chi connectivity index (χ0v) is 11.7. The number of methoxy groups -OCH3 is 2. The van der Waals surface area contributed by atoms with E-state index in [0.29, 0.717) is 0 Å². The summed E-state index contributed by atoms with van der Waals surface area (Å²) in [7, 11) is 3.47. The van der Waals surface area contributed by atoms with Gasteiger partial charge in [-0.25, -0.2) is 0 Å². The van der Waals surface area contributed by atoms with Crippen molar-refractivity contribution >= 4 is 0 Å². The number of hydrogen-bond acceptors (Lipinski definition) is 3. The summed E-state index contributed by atoms with van der Waals surface area (Å²) >= 11 is 0. The second kappa shape index (κ2) is 8.25. The van der Waals surface area contributed by atoms with E-state index in [1.807, 2.05) is 6.92 Å². The summed E-state index contributed by atoms with van der Waals surface area (Å²) in [5.41, 5.74) is 9.92. The normalized spacial score (nSPS) is 12.7. The van der Waals surface area contributed by atoms with Crippen molar-refractivity contribution < 1.29 is 9.47 Å². The van der Waals surface area contributed by atoms with Gasteiger partial charge in [0.25, 0.3) is 0 Å². The zero-order valence-electron chi connectivity index (χ0n) is 11.7. The quantitative estimate of drug-likeness (QED) is 0.768. The Hall–Kier alpha value is -0.900. The van der Waals surface area contributed by atoms with Crippen LogP contribution in [0.2, 0.25) is 0 Å². The highest BCUT2D eigenvalue weighted by atomic mass is 16.5. The molecule has 0 bridgehead atoms. The highest BCUT2D eigenvalue weighted by molar-refractivity contribution is 5.33. The van der Waals surface area contributed by atoms with Gasteiger partial charge in [-0.2, -0.15) is 0 Å². The van der Waals surface area contributed by atoms with E-state index in [4.69, 9.17) is 15.2 Å². The van der Waals surface area contributed by atoms with Crippen molar-refractivity contribution in [3.63, 3.8) is 0 Å². The van der Waals surface area contributed by atoms with E-state index in [9.17, 15) is 0 Å². The average Bonchev–Trinajstić information content (AvgIpc) is 2.34. The number of rotatable bonds is 8. The van der Waals surface area contributed by atoms with Crippen molar-refractivity contribution in [3.05, 3.63) is 34.9 Å². The van der Waals surface area contributed by atoms with Gasteiger partial charge in [0.1, 0.15) is 0 Å². The van der Waals surface area contributed by atoms with E-state index in [-0.39, 0.29) is 6.04 Å². The summed E-state index contributed by atoms with van der Waals surface area (Å²) in [6.07, 6.45) is 2.82. The lowest BCUT2D eigenvalue weighted by Crippen LogP contribution is -2.19. The Morgan fingerprint density at radius 2 is 1.72 bits per heavy atom. The molecule has 18 heavy (non-hydrogen) atoms. The van der Waals surface area contributed by atoms with Crippen LogP contribution in [0.25, 0.3) is 0 Å². The maximum absolute atomic E-state index is 5.92. The smallest absolute Gasteiger partial charge is 0.0502 e. The van der Waals surface area contributed by atoms with E-state index in [0.717, 1.165) is 32.5 Å². The molecule has 0 aliphatic heterocycles. The third-order valence-electron chi connectivity index (χ3n) is 2.98. The van der Waals surface area contributed by atoms with Crippen molar-refractivity contribution in [2.24, 2.45) is 5.73 Å². The monoisotopic (exact) mass is 251 g/mol. The molecular weight excluding hydrogens is 226 g/mol. The molecule has 0 saturated heterocycles. The summed E-state index contributed by atoms with van der Waals surface area (Å²) < 4.78 is 10.3. The van der Waals surface area contributed by atoms with E-state index >= 15 is 0 Å². The fourth-order valence-corrected chi connectivity index (χ4v) is 2.05. The lowest BCUT2D eigenvalue weighted by molar-refractivity contribution is 0.201. The molecule has 0 unspecified atom stereocenters. The standard InChI is InChI=1S/C15H25NO2/c1-12(16)10-15-11-13(6-8-17-2)4-5-14(15)7-9-18-3/h4-5,11-12H,6-10,16H2,1-3H3/t12-/m1/s1. The van der Waals surface area contributed by atoms with E-state index in [2.05, 4.69) is 18.2 Å². The second-order valence-electron chi connectivity index (χ2n) is 4.77. The van der Waals surface area contributed by atoms with Crippen molar-refractivity contribution in [1.82, 2.24) is 0 Å². The molecule has 0 saturated carbocycles.